The smallest absolute Gasteiger partial charge is 0.192 e. The highest BCUT2D eigenvalue weighted by atomic mass is 16.3. The van der Waals surface area contributed by atoms with Crippen LogP contribution in [0.4, 0.5) is 0 Å². The molecule has 0 fully saturated rings. The van der Waals surface area contributed by atoms with Gasteiger partial charge in [-0.05, 0) is 26.8 Å². The summed E-state index contributed by atoms with van der Waals surface area (Å²) in [6.07, 6.45) is 1.73. The van der Waals surface area contributed by atoms with Crippen LogP contribution >= 0.6 is 0 Å². The second-order valence-corrected chi connectivity index (χ2v) is 5.73. The van der Waals surface area contributed by atoms with Gasteiger partial charge in [0.2, 0.25) is 0 Å². The fourth-order valence-corrected chi connectivity index (χ4v) is 2.71. The maximum absolute atomic E-state index is 5.94. The summed E-state index contributed by atoms with van der Waals surface area (Å²) in [5.74, 6) is 2.50. The summed E-state index contributed by atoms with van der Waals surface area (Å²) in [4.78, 5) is 4.59. The van der Waals surface area contributed by atoms with Gasteiger partial charge in [-0.15, -0.1) is 10.2 Å². The van der Waals surface area contributed by atoms with Gasteiger partial charge in [-0.25, -0.2) is 4.99 Å². The van der Waals surface area contributed by atoms with Crippen LogP contribution in [-0.4, -0.2) is 27.3 Å². The normalized spacial score (nSPS) is 11.9. The van der Waals surface area contributed by atoms with E-state index in [1.165, 1.54) is 0 Å². The number of nitrogens with one attached hydrogen (secondary N) is 2. The average molecular weight is 340 g/mol. The van der Waals surface area contributed by atoms with E-state index in [4.69, 9.17) is 4.42 Å². The summed E-state index contributed by atoms with van der Waals surface area (Å²) in [6.45, 7) is 8.85. The standard InChI is InChI=1S/C18H24N6O/c1-4-19-18(21-11-17-23-22-12-24(17)5-2)20-10-16-13(3)14-8-6-7-9-15(14)25-16/h6-9,12H,4-5,10-11H2,1-3H3,(H2,19,20,21). The molecule has 132 valence electrons. The number of aromatic nitrogens is 3. The number of para-hydroxylation sites is 1. The van der Waals surface area contributed by atoms with Crippen LogP contribution in [0, 0.1) is 6.92 Å². The number of rotatable bonds is 6. The second kappa shape index (κ2) is 7.83. The van der Waals surface area contributed by atoms with Crippen molar-refractivity contribution in [2.75, 3.05) is 6.54 Å². The van der Waals surface area contributed by atoms with E-state index in [1.54, 1.807) is 6.33 Å². The summed E-state index contributed by atoms with van der Waals surface area (Å²) in [5.41, 5.74) is 2.07. The molecule has 0 saturated carbocycles. The van der Waals surface area contributed by atoms with Crippen molar-refractivity contribution in [3.8, 4) is 0 Å². The third-order valence-electron chi connectivity index (χ3n) is 4.12. The number of furan rings is 1. The second-order valence-electron chi connectivity index (χ2n) is 5.73. The zero-order valence-corrected chi connectivity index (χ0v) is 14.9. The number of hydrogen-bond donors (Lipinski definition) is 2. The molecule has 1 aromatic carbocycles. The van der Waals surface area contributed by atoms with Crippen LogP contribution in [0.5, 0.6) is 0 Å². The number of aliphatic imine (C=N–C) groups is 1. The molecule has 7 heteroatoms. The van der Waals surface area contributed by atoms with E-state index in [-0.39, 0.29) is 0 Å². The van der Waals surface area contributed by atoms with Crippen LogP contribution in [-0.2, 0) is 19.6 Å². The molecule has 2 aromatic heterocycles. The van der Waals surface area contributed by atoms with Crippen LogP contribution in [0.25, 0.3) is 11.0 Å². The molecule has 0 aliphatic heterocycles. The molecule has 2 heterocycles. The van der Waals surface area contributed by atoms with Crippen LogP contribution in [0.2, 0.25) is 0 Å². The Morgan fingerprint density at radius 3 is 2.84 bits per heavy atom. The first kappa shape index (κ1) is 17.0. The molecule has 0 radical (unpaired) electrons. The number of aryl methyl sites for hydroxylation is 2. The zero-order chi connectivity index (χ0) is 17.6. The monoisotopic (exact) mass is 340 g/mol. The van der Waals surface area contributed by atoms with Crippen molar-refractivity contribution in [1.29, 1.82) is 0 Å². The third kappa shape index (κ3) is 3.81. The maximum Gasteiger partial charge on any atom is 0.192 e. The molecule has 0 atom stereocenters. The Kier molecular flexibility index (Phi) is 5.33. The predicted octanol–water partition coefficient (Wildman–Crippen LogP) is 2.61. The Bertz CT molecular complexity index is 863. The molecular formula is C18H24N6O. The molecule has 0 aliphatic rings. The van der Waals surface area contributed by atoms with Gasteiger partial charge in [0, 0.05) is 24.0 Å². The Morgan fingerprint density at radius 2 is 2.08 bits per heavy atom. The Balaban J connectivity index is 1.70. The Morgan fingerprint density at radius 1 is 1.24 bits per heavy atom. The molecule has 0 bridgehead atoms. The van der Waals surface area contributed by atoms with Crippen LogP contribution in [0.15, 0.2) is 40.0 Å². The molecule has 3 aromatic rings. The van der Waals surface area contributed by atoms with Gasteiger partial charge in [-0.1, -0.05) is 18.2 Å². The fourth-order valence-electron chi connectivity index (χ4n) is 2.71. The molecule has 0 spiro atoms. The highest BCUT2D eigenvalue weighted by Crippen LogP contribution is 2.24. The van der Waals surface area contributed by atoms with E-state index >= 15 is 0 Å². The van der Waals surface area contributed by atoms with Crippen molar-refractivity contribution in [2.45, 2.75) is 40.4 Å². The van der Waals surface area contributed by atoms with Crippen molar-refractivity contribution in [1.82, 2.24) is 25.4 Å². The van der Waals surface area contributed by atoms with Gasteiger partial charge in [0.05, 0.1) is 6.54 Å². The Hall–Kier alpha value is -2.83. The molecular weight excluding hydrogens is 316 g/mol. The number of fused-ring (bicyclic) bond motifs is 1. The number of hydrogen-bond acceptors (Lipinski definition) is 4. The summed E-state index contributed by atoms with van der Waals surface area (Å²) in [6, 6.07) is 8.08. The topological polar surface area (TPSA) is 80.3 Å². The lowest BCUT2D eigenvalue weighted by atomic mass is 10.1. The van der Waals surface area contributed by atoms with Gasteiger partial charge in [0.25, 0.3) is 0 Å². The highest BCUT2D eigenvalue weighted by molar-refractivity contribution is 5.82. The molecule has 0 amide bonds. The van der Waals surface area contributed by atoms with Crippen molar-refractivity contribution < 1.29 is 4.42 Å². The van der Waals surface area contributed by atoms with Gasteiger partial charge in [0.1, 0.15) is 24.2 Å². The van der Waals surface area contributed by atoms with E-state index in [9.17, 15) is 0 Å². The van der Waals surface area contributed by atoms with Gasteiger partial charge in [0.15, 0.2) is 11.8 Å². The zero-order valence-electron chi connectivity index (χ0n) is 14.9. The average Bonchev–Trinajstić information content (AvgIpc) is 3.22. The van der Waals surface area contributed by atoms with Crippen LogP contribution < -0.4 is 10.6 Å². The minimum atomic E-state index is 0.474. The minimum absolute atomic E-state index is 0.474. The molecule has 7 nitrogen and oxygen atoms in total. The lowest BCUT2D eigenvalue weighted by molar-refractivity contribution is 0.534. The molecule has 3 rings (SSSR count). The van der Waals surface area contributed by atoms with E-state index in [0.29, 0.717) is 13.1 Å². The lowest BCUT2D eigenvalue weighted by Crippen LogP contribution is -2.36. The summed E-state index contributed by atoms with van der Waals surface area (Å²) < 4.78 is 7.93. The van der Waals surface area contributed by atoms with Crippen molar-refractivity contribution >= 4 is 16.9 Å². The largest absolute Gasteiger partial charge is 0.459 e. The first-order valence-electron chi connectivity index (χ1n) is 8.58. The maximum atomic E-state index is 5.94. The van der Waals surface area contributed by atoms with Gasteiger partial charge in [-0.2, -0.15) is 0 Å². The molecule has 2 N–H and O–H groups in total. The summed E-state index contributed by atoms with van der Waals surface area (Å²) in [7, 11) is 0. The molecule has 0 saturated heterocycles. The van der Waals surface area contributed by atoms with Crippen molar-refractivity contribution in [2.24, 2.45) is 4.99 Å². The number of guanidine groups is 1. The van der Waals surface area contributed by atoms with E-state index in [0.717, 1.165) is 47.2 Å². The highest BCUT2D eigenvalue weighted by Gasteiger charge is 2.10. The molecule has 0 aliphatic carbocycles. The van der Waals surface area contributed by atoms with E-state index in [2.05, 4.69) is 45.7 Å². The molecule has 25 heavy (non-hydrogen) atoms. The predicted molar refractivity (Wildman–Crippen MR) is 98.3 cm³/mol. The van der Waals surface area contributed by atoms with Crippen molar-refractivity contribution in [3.63, 3.8) is 0 Å². The van der Waals surface area contributed by atoms with Crippen molar-refractivity contribution in [3.05, 3.63) is 47.7 Å². The van der Waals surface area contributed by atoms with E-state index in [1.807, 2.05) is 29.7 Å². The third-order valence-corrected chi connectivity index (χ3v) is 4.12. The quantitative estimate of drug-likeness (QED) is 0.532. The first-order valence-corrected chi connectivity index (χ1v) is 8.58. The van der Waals surface area contributed by atoms with Crippen LogP contribution in [0.3, 0.4) is 0 Å². The lowest BCUT2D eigenvalue weighted by Gasteiger charge is -2.10. The van der Waals surface area contributed by atoms with E-state index < -0.39 is 0 Å². The Labute approximate surface area is 147 Å². The van der Waals surface area contributed by atoms with Gasteiger partial charge < -0.3 is 19.6 Å². The SMILES string of the molecule is CCNC(=NCc1nncn1CC)NCc1oc2ccccc2c1C. The first-order chi connectivity index (χ1) is 12.2. The summed E-state index contributed by atoms with van der Waals surface area (Å²) in [5, 5.41) is 15.8. The van der Waals surface area contributed by atoms with Gasteiger partial charge >= 0.3 is 0 Å². The molecule has 0 unspecified atom stereocenters. The number of benzene rings is 1. The van der Waals surface area contributed by atoms with Gasteiger partial charge in [-0.3, -0.25) is 0 Å². The van der Waals surface area contributed by atoms with Crippen LogP contribution in [0.1, 0.15) is 31.0 Å². The summed E-state index contributed by atoms with van der Waals surface area (Å²) >= 11 is 0. The minimum Gasteiger partial charge on any atom is -0.459 e. The number of nitrogens with zero attached hydrogens (tertiary/aromatic N) is 4. The fraction of sp³-hybridized carbons (Fsp3) is 0.389.